The zero-order chi connectivity index (χ0) is 27.5. The molecule has 194 valence electrons. The average Bonchev–Trinajstić information content (AvgIpc) is 2.96. The summed E-state index contributed by atoms with van der Waals surface area (Å²) in [7, 11) is 2.96. The first-order valence-corrected chi connectivity index (χ1v) is 11.8. The Hall–Kier alpha value is -5.51. The summed E-state index contributed by atoms with van der Waals surface area (Å²) < 4.78 is 10.5. The molecule has 0 aliphatic rings. The van der Waals surface area contributed by atoms with E-state index in [9.17, 15) is 14.7 Å². The van der Waals surface area contributed by atoms with Crippen molar-refractivity contribution in [3.63, 3.8) is 0 Å². The van der Waals surface area contributed by atoms with E-state index in [4.69, 9.17) is 15.2 Å². The molecule has 3 aromatic carbocycles. The minimum atomic E-state index is -1.12. The molecular weight excluding hydrogens is 498 g/mol. The zero-order valence-corrected chi connectivity index (χ0v) is 21.0. The van der Waals surface area contributed by atoms with Crippen LogP contribution in [0.3, 0.4) is 0 Å². The van der Waals surface area contributed by atoms with Crippen LogP contribution in [0.5, 0.6) is 11.9 Å². The molecule has 10 heteroatoms. The Morgan fingerprint density at radius 3 is 2.31 bits per heavy atom. The van der Waals surface area contributed by atoms with Crippen LogP contribution in [-0.4, -0.2) is 46.2 Å². The van der Waals surface area contributed by atoms with E-state index >= 15 is 0 Å². The number of rotatable bonds is 8. The number of nitrogens with one attached hydrogen (secondary N) is 1. The summed E-state index contributed by atoms with van der Waals surface area (Å²) in [6, 6.07) is 19.9. The van der Waals surface area contributed by atoms with Crippen LogP contribution in [0.2, 0.25) is 0 Å². The number of carbonyl (C=O) groups is 2. The molecule has 0 spiro atoms. The summed E-state index contributed by atoms with van der Waals surface area (Å²) in [4.78, 5) is 37.5. The second-order valence-corrected chi connectivity index (χ2v) is 8.45. The number of carboxylic acids is 1. The minimum Gasteiger partial charge on any atom is -0.480 e. The van der Waals surface area contributed by atoms with Crippen molar-refractivity contribution in [3.8, 4) is 34.1 Å². The van der Waals surface area contributed by atoms with E-state index in [0.717, 1.165) is 5.56 Å². The highest BCUT2D eigenvalue weighted by Gasteiger charge is 2.21. The Morgan fingerprint density at radius 2 is 1.62 bits per heavy atom. The largest absolute Gasteiger partial charge is 0.480 e. The Balaban J connectivity index is 1.70. The summed E-state index contributed by atoms with van der Waals surface area (Å²) in [5.41, 5.74) is 9.80. The van der Waals surface area contributed by atoms with Gasteiger partial charge in [-0.2, -0.15) is 4.98 Å². The number of carboxylic acid groups (broad SMARTS) is 1. The Labute approximate surface area is 223 Å². The van der Waals surface area contributed by atoms with Gasteiger partial charge in [-0.05, 0) is 23.3 Å². The maximum absolute atomic E-state index is 12.4. The number of amides is 1. The van der Waals surface area contributed by atoms with Crippen LogP contribution in [0.1, 0.15) is 20.7 Å². The molecule has 10 nitrogen and oxygen atoms in total. The molecule has 5 rings (SSSR count). The van der Waals surface area contributed by atoms with Gasteiger partial charge in [0.25, 0.3) is 5.91 Å². The number of nitrogens with two attached hydrogens (primary N) is 1. The fraction of sp³-hybridized carbons (Fsp3) is 0.0690. The first-order chi connectivity index (χ1) is 18.9. The van der Waals surface area contributed by atoms with E-state index in [1.165, 1.54) is 26.5 Å². The van der Waals surface area contributed by atoms with Gasteiger partial charge in [-0.25, -0.2) is 9.78 Å². The molecule has 0 saturated heterocycles. The molecule has 1 amide bonds. The van der Waals surface area contributed by atoms with Gasteiger partial charge in [-0.3, -0.25) is 9.78 Å². The highest BCUT2D eigenvalue weighted by atomic mass is 16.5. The van der Waals surface area contributed by atoms with Crippen molar-refractivity contribution in [3.05, 3.63) is 90.3 Å². The maximum Gasteiger partial charge on any atom is 0.337 e. The molecule has 0 aliphatic carbocycles. The Morgan fingerprint density at radius 1 is 0.821 bits per heavy atom. The first-order valence-electron chi connectivity index (χ1n) is 11.8. The highest BCUT2D eigenvalue weighted by Crippen LogP contribution is 2.38. The van der Waals surface area contributed by atoms with Crippen molar-refractivity contribution in [2.75, 3.05) is 19.5 Å². The third kappa shape index (κ3) is 4.78. The van der Waals surface area contributed by atoms with Crippen molar-refractivity contribution in [2.24, 2.45) is 5.73 Å². The topological polar surface area (TPSA) is 150 Å². The Bertz CT molecular complexity index is 1720. The molecule has 5 aromatic rings. The molecule has 0 aliphatic heterocycles. The number of aromatic nitrogens is 3. The number of primary amides is 1. The second kappa shape index (κ2) is 10.5. The first kappa shape index (κ1) is 25.2. The molecule has 39 heavy (non-hydrogen) atoms. The molecule has 2 aromatic heterocycles. The van der Waals surface area contributed by atoms with Crippen LogP contribution in [0, 0.1) is 0 Å². The fourth-order valence-electron chi connectivity index (χ4n) is 4.33. The number of fused-ring (bicyclic) bond motifs is 1. The molecule has 2 heterocycles. The maximum atomic E-state index is 12.4. The molecule has 0 saturated carbocycles. The number of pyridine rings is 1. The third-order valence-corrected chi connectivity index (χ3v) is 6.18. The highest BCUT2D eigenvalue weighted by molar-refractivity contribution is 6.10. The van der Waals surface area contributed by atoms with Gasteiger partial charge in [0.15, 0.2) is 0 Å². The van der Waals surface area contributed by atoms with Gasteiger partial charge in [0, 0.05) is 23.3 Å². The van der Waals surface area contributed by atoms with E-state index in [-0.39, 0.29) is 17.1 Å². The lowest BCUT2D eigenvalue weighted by Gasteiger charge is -2.19. The summed E-state index contributed by atoms with van der Waals surface area (Å²) in [6.45, 7) is 0. The van der Waals surface area contributed by atoms with E-state index in [0.29, 0.717) is 44.8 Å². The summed E-state index contributed by atoms with van der Waals surface area (Å²) in [6.07, 6.45) is 2.95. The van der Waals surface area contributed by atoms with E-state index in [1.54, 1.807) is 30.5 Å². The predicted molar refractivity (Wildman–Crippen MR) is 147 cm³/mol. The van der Waals surface area contributed by atoms with Gasteiger partial charge in [0.2, 0.25) is 5.88 Å². The van der Waals surface area contributed by atoms with Gasteiger partial charge >= 0.3 is 12.0 Å². The Kier molecular flexibility index (Phi) is 6.75. The second-order valence-electron chi connectivity index (χ2n) is 8.45. The van der Waals surface area contributed by atoms with Gasteiger partial charge in [0.05, 0.1) is 47.8 Å². The summed E-state index contributed by atoms with van der Waals surface area (Å²) in [5.74, 6) is -1.52. The molecule has 0 unspecified atom stereocenters. The lowest BCUT2D eigenvalue weighted by atomic mass is 9.98. The molecule has 0 fully saturated rings. The number of carbonyl (C=O) groups excluding carboxylic acids is 1. The minimum absolute atomic E-state index is 0.0356. The molecule has 0 bridgehead atoms. The number of anilines is 2. The predicted octanol–water partition coefficient (Wildman–Crippen LogP) is 4.92. The van der Waals surface area contributed by atoms with E-state index < -0.39 is 11.9 Å². The van der Waals surface area contributed by atoms with Gasteiger partial charge in [0.1, 0.15) is 0 Å². The van der Waals surface area contributed by atoms with E-state index in [2.05, 4.69) is 20.3 Å². The van der Waals surface area contributed by atoms with Gasteiger partial charge < -0.3 is 25.6 Å². The number of benzene rings is 3. The molecule has 4 N–H and O–H groups in total. The fourth-order valence-corrected chi connectivity index (χ4v) is 4.33. The summed E-state index contributed by atoms with van der Waals surface area (Å²) >= 11 is 0. The molecule has 0 atom stereocenters. The van der Waals surface area contributed by atoms with Gasteiger partial charge in [-0.15, -0.1) is 0 Å². The van der Waals surface area contributed by atoms with Crippen molar-refractivity contribution < 1.29 is 24.2 Å². The number of hydrogen-bond donors (Lipinski definition) is 3. The number of para-hydroxylation sites is 1. The van der Waals surface area contributed by atoms with E-state index in [1.807, 2.05) is 36.4 Å². The van der Waals surface area contributed by atoms with Crippen molar-refractivity contribution >= 4 is 34.2 Å². The van der Waals surface area contributed by atoms with Crippen LogP contribution >= 0.6 is 0 Å². The lowest BCUT2D eigenvalue weighted by Crippen LogP contribution is -2.15. The van der Waals surface area contributed by atoms with Crippen molar-refractivity contribution in [1.29, 1.82) is 0 Å². The number of aromatic carboxylic acids is 1. The van der Waals surface area contributed by atoms with Crippen molar-refractivity contribution in [2.45, 2.75) is 0 Å². The van der Waals surface area contributed by atoms with Crippen LogP contribution in [0.15, 0.2) is 79.1 Å². The normalized spacial score (nSPS) is 10.7. The van der Waals surface area contributed by atoms with Gasteiger partial charge in [-0.1, -0.05) is 54.6 Å². The number of ether oxygens (including phenoxy) is 2. The average molecular weight is 522 g/mol. The van der Waals surface area contributed by atoms with Crippen LogP contribution < -0.4 is 20.5 Å². The number of nitrogens with zero attached hydrogens (tertiary/aromatic N) is 3. The molecule has 0 radical (unpaired) electrons. The molecular formula is C29H23N5O5. The van der Waals surface area contributed by atoms with Crippen LogP contribution in [0.25, 0.3) is 33.2 Å². The van der Waals surface area contributed by atoms with Crippen LogP contribution in [0.4, 0.5) is 11.4 Å². The van der Waals surface area contributed by atoms with Crippen molar-refractivity contribution in [1.82, 2.24) is 15.0 Å². The standard InChI is InChI=1S/C29H23N5O5/c1-38-27-21(14-32-29(34-27)39-2)17-11-12-19-23(13-17)31-15-22(26(30)35)25(19)33-24-18(16-7-4-3-5-8-16)9-6-10-20(24)28(36)37/h3-15H,1-2H3,(H2,30,35)(H,31,33)(H,36,37). The van der Waals surface area contributed by atoms with Crippen LogP contribution in [-0.2, 0) is 0 Å². The zero-order valence-electron chi connectivity index (χ0n) is 21.0. The summed E-state index contributed by atoms with van der Waals surface area (Å²) in [5, 5.41) is 13.8. The smallest absolute Gasteiger partial charge is 0.337 e. The third-order valence-electron chi connectivity index (χ3n) is 6.18. The quantitative estimate of drug-likeness (QED) is 0.259. The number of methoxy groups -OCH3 is 2. The monoisotopic (exact) mass is 521 g/mol. The number of hydrogen-bond acceptors (Lipinski definition) is 8. The SMILES string of the molecule is COc1ncc(-c2ccc3c(Nc4c(C(=O)O)cccc4-c4ccccc4)c(C(N)=O)cnc3c2)c(OC)n1. The lowest BCUT2D eigenvalue weighted by molar-refractivity contribution is 0.0697.